The van der Waals surface area contributed by atoms with E-state index in [-0.39, 0.29) is 54.0 Å². The summed E-state index contributed by atoms with van der Waals surface area (Å²) in [6.07, 6.45) is -0.954. The topological polar surface area (TPSA) is 203 Å². The lowest BCUT2D eigenvalue weighted by Crippen LogP contribution is -2.69. The van der Waals surface area contributed by atoms with Gasteiger partial charge in [-0.3, -0.25) is 4.55 Å². The van der Waals surface area contributed by atoms with Crippen LogP contribution in [-0.2, 0) is 24.1 Å². The maximum Gasteiger partial charge on any atom is 0.397 e. The molecule has 5 fully saturated rings. The van der Waals surface area contributed by atoms with Crippen molar-refractivity contribution in [3.05, 3.63) is 0 Å². The molecule has 1 saturated heterocycles. The van der Waals surface area contributed by atoms with E-state index < -0.39 is 64.3 Å². The minimum Gasteiger partial charge on any atom is -0.393 e. The van der Waals surface area contributed by atoms with Gasteiger partial charge >= 0.3 is 10.4 Å². The van der Waals surface area contributed by atoms with Crippen LogP contribution in [0.4, 0.5) is 0 Å². The van der Waals surface area contributed by atoms with E-state index in [2.05, 4.69) is 13.8 Å². The molecule has 5 aliphatic rings. The van der Waals surface area contributed by atoms with Gasteiger partial charge < -0.3 is 40.1 Å². The number of aliphatic hydroxyl groups is 6. The Morgan fingerprint density at radius 2 is 1.69 bits per heavy atom. The molecule has 16 atom stereocenters. The average Bonchev–Trinajstić information content (AvgIpc) is 3.24. The summed E-state index contributed by atoms with van der Waals surface area (Å²) < 4.78 is 50.4. The SMILES string of the molecule is C[C@@H](CCC[C@@H](C)[C@H]1CC(OS(=O)(=O)O)C2C3C[C@@H](O)[C@@]4(O)C[C@@H](O)CC[C@]4(C)C3CC[C@@]21C)COC1OCC(O)C(O)C1O. The first-order chi connectivity index (χ1) is 20.9. The number of hydrogen-bond acceptors (Lipinski definition) is 11. The number of fused-ring (bicyclic) bond motifs is 5. The molecule has 5 rings (SSSR count). The van der Waals surface area contributed by atoms with E-state index in [0.717, 1.165) is 32.1 Å². The van der Waals surface area contributed by atoms with Crippen molar-refractivity contribution in [2.24, 2.45) is 46.3 Å². The fourth-order valence-electron chi connectivity index (χ4n) is 10.7. The van der Waals surface area contributed by atoms with Crippen LogP contribution in [0.25, 0.3) is 0 Å². The van der Waals surface area contributed by atoms with E-state index >= 15 is 0 Å². The molecule has 0 radical (unpaired) electrons. The number of aliphatic hydroxyl groups excluding tert-OH is 5. The smallest absolute Gasteiger partial charge is 0.393 e. The van der Waals surface area contributed by atoms with Crippen LogP contribution in [0, 0.1) is 46.3 Å². The third kappa shape index (κ3) is 6.62. The minimum atomic E-state index is -4.71. The Bertz CT molecular complexity index is 1140. The third-order valence-electron chi connectivity index (χ3n) is 13.2. The quantitative estimate of drug-likeness (QED) is 0.167. The summed E-state index contributed by atoms with van der Waals surface area (Å²) in [5.41, 5.74) is -2.33. The van der Waals surface area contributed by atoms with Crippen LogP contribution in [0.15, 0.2) is 0 Å². The molecule has 8 unspecified atom stereocenters. The fourth-order valence-corrected chi connectivity index (χ4v) is 11.2. The zero-order chi connectivity index (χ0) is 33.1. The predicted molar refractivity (Wildman–Crippen MR) is 162 cm³/mol. The summed E-state index contributed by atoms with van der Waals surface area (Å²) in [6.45, 7) is 8.66. The van der Waals surface area contributed by atoms with E-state index in [1.54, 1.807) is 0 Å². The molecule has 4 aliphatic carbocycles. The molecule has 1 heterocycles. The van der Waals surface area contributed by atoms with E-state index in [9.17, 15) is 43.6 Å². The fraction of sp³-hybridized carbons (Fsp3) is 1.00. The van der Waals surface area contributed by atoms with Gasteiger partial charge in [0.15, 0.2) is 6.29 Å². The van der Waals surface area contributed by atoms with Crippen LogP contribution >= 0.6 is 0 Å². The Kier molecular flexibility index (Phi) is 10.4. The zero-order valence-electron chi connectivity index (χ0n) is 27.1. The van der Waals surface area contributed by atoms with Crippen LogP contribution < -0.4 is 0 Å². The van der Waals surface area contributed by atoms with E-state index in [4.69, 9.17) is 13.7 Å². The molecule has 262 valence electrons. The van der Waals surface area contributed by atoms with Gasteiger partial charge in [-0.15, -0.1) is 0 Å². The molecule has 0 bridgehead atoms. The molecule has 4 saturated carbocycles. The second-order valence-corrected chi connectivity index (χ2v) is 16.9. The van der Waals surface area contributed by atoms with E-state index in [1.165, 1.54) is 0 Å². The van der Waals surface area contributed by atoms with Crippen molar-refractivity contribution >= 4 is 10.4 Å². The number of ether oxygens (including phenoxy) is 2. The maximum atomic E-state index is 12.1. The highest BCUT2D eigenvalue weighted by Crippen LogP contribution is 2.69. The lowest BCUT2D eigenvalue weighted by molar-refractivity contribution is -0.272. The molecule has 45 heavy (non-hydrogen) atoms. The molecule has 13 heteroatoms. The second-order valence-electron chi connectivity index (χ2n) is 15.8. The van der Waals surface area contributed by atoms with Gasteiger partial charge in [0.2, 0.25) is 0 Å². The van der Waals surface area contributed by atoms with E-state index in [0.29, 0.717) is 32.3 Å². The molecule has 7 N–H and O–H groups in total. The van der Waals surface area contributed by atoms with Gasteiger partial charge in [-0.05, 0) is 85.9 Å². The van der Waals surface area contributed by atoms with Crippen molar-refractivity contribution in [2.75, 3.05) is 13.2 Å². The summed E-state index contributed by atoms with van der Waals surface area (Å²) in [5.74, 6) is 0.193. The van der Waals surface area contributed by atoms with Crippen LogP contribution in [0.5, 0.6) is 0 Å². The maximum absolute atomic E-state index is 12.1. The van der Waals surface area contributed by atoms with E-state index in [1.807, 2.05) is 13.8 Å². The van der Waals surface area contributed by atoms with Crippen molar-refractivity contribution in [3.63, 3.8) is 0 Å². The normalized spacial score (nSPS) is 49.9. The summed E-state index contributed by atoms with van der Waals surface area (Å²) in [4.78, 5) is 0. The second kappa shape index (κ2) is 13.1. The van der Waals surface area contributed by atoms with Gasteiger partial charge in [0.25, 0.3) is 0 Å². The largest absolute Gasteiger partial charge is 0.397 e. The average molecular weight is 665 g/mol. The standard InChI is InChI=1S/C32H56O12S/c1-17(15-42-29-28(37)27(36)23(34)16-43-29)6-5-7-18(2)22-13-24(44-45(39,40)41)26-20-12-25(35)32(38)14-19(33)8-11-31(32,4)21(20)9-10-30(22,26)3/h17-29,33-38H,5-16H2,1-4H3,(H,39,40,41)/t17-,18+,19-,20?,21?,22+,23?,24?,25+,26?,27?,28?,29?,30+,31+,32-/m0/s1. The molecular formula is C32H56O12S. The molecule has 0 aromatic heterocycles. The monoisotopic (exact) mass is 664 g/mol. The third-order valence-corrected chi connectivity index (χ3v) is 13.6. The zero-order valence-corrected chi connectivity index (χ0v) is 27.9. The van der Waals surface area contributed by atoms with Crippen molar-refractivity contribution in [1.82, 2.24) is 0 Å². The van der Waals surface area contributed by atoms with Crippen LogP contribution in [0.3, 0.4) is 0 Å². The van der Waals surface area contributed by atoms with Crippen molar-refractivity contribution in [3.8, 4) is 0 Å². The highest BCUT2D eigenvalue weighted by molar-refractivity contribution is 7.80. The van der Waals surface area contributed by atoms with Gasteiger partial charge in [-0.25, -0.2) is 4.18 Å². The Balaban J connectivity index is 1.25. The molecule has 1 aliphatic heterocycles. The Labute approximate surface area is 267 Å². The Morgan fingerprint density at radius 3 is 2.38 bits per heavy atom. The molecule has 0 amide bonds. The predicted octanol–water partition coefficient (Wildman–Crippen LogP) is 1.79. The van der Waals surface area contributed by atoms with Crippen molar-refractivity contribution in [2.45, 2.75) is 140 Å². The summed E-state index contributed by atoms with van der Waals surface area (Å²) in [7, 11) is -4.71. The van der Waals surface area contributed by atoms with Gasteiger partial charge in [0, 0.05) is 11.8 Å². The summed E-state index contributed by atoms with van der Waals surface area (Å²) >= 11 is 0. The van der Waals surface area contributed by atoms with Gasteiger partial charge in [0.05, 0.1) is 37.1 Å². The molecular weight excluding hydrogens is 608 g/mol. The van der Waals surface area contributed by atoms with Gasteiger partial charge in [-0.1, -0.05) is 40.5 Å². The molecule has 0 aromatic rings. The minimum absolute atomic E-state index is 0.0231. The van der Waals surface area contributed by atoms with Crippen LogP contribution in [-0.4, -0.2) is 105 Å². The number of rotatable bonds is 10. The molecule has 0 spiro atoms. The summed E-state index contributed by atoms with van der Waals surface area (Å²) in [5, 5.41) is 63.2. The van der Waals surface area contributed by atoms with Crippen LogP contribution in [0.2, 0.25) is 0 Å². The van der Waals surface area contributed by atoms with Crippen molar-refractivity contribution < 1.29 is 57.3 Å². The summed E-state index contributed by atoms with van der Waals surface area (Å²) in [6, 6.07) is 0. The highest BCUT2D eigenvalue weighted by Gasteiger charge is 2.69. The highest BCUT2D eigenvalue weighted by atomic mass is 32.3. The van der Waals surface area contributed by atoms with Gasteiger partial charge in [0.1, 0.15) is 18.3 Å². The first-order valence-electron chi connectivity index (χ1n) is 16.9. The molecule has 0 aromatic carbocycles. The Morgan fingerprint density at radius 1 is 0.978 bits per heavy atom. The van der Waals surface area contributed by atoms with Gasteiger partial charge in [-0.2, -0.15) is 8.42 Å². The van der Waals surface area contributed by atoms with Crippen LogP contribution in [0.1, 0.15) is 91.9 Å². The lowest BCUT2D eigenvalue weighted by Gasteiger charge is -2.65. The lowest BCUT2D eigenvalue weighted by atomic mass is 9.42. The number of hydrogen-bond donors (Lipinski definition) is 7. The molecule has 12 nitrogen and oxygen atoms in total. The van der Waals surface area contributed by atoms with Crippen molar-refractivity contribution in [1.29, 1.82) is 0 Å². The Hall–Kier alpha value is -0.450. The first kappa shape index (κ1) is 35.8. The first-order valence-corrected chi connectivity index (χ1v) is 18.3.